The number of nitrogens with zero attached hydrogens (tertiary/aromatic N) is 2. The topological polar surface area (TPSA) is 58.5 Å². The van der Waals surface area contributed by atoms with E-state index in [1.807, 2.05) is 32.2 Å². The zero-order valence-electron chi connectivity index (χ0n) is 12.9. The van der Waals surface area contributed by atoms with Crippen LogP contribution in [0.3, 0.4) is 0 Å². The van der Waals surface area contributed by atoms with E-state index in [2.05, 4.69) is 20.6 Å². The zero-order chi connectivity index (χ0) is 14.4. The first-order valence-corrected chi connectivity index (χ1v) is 7.23. The highest BCUT2D eigenvalue weighted by Gasteiger charge is 2.20. The Hall–Kier alpha value is -1.05. The minimum absolute atomic E-state index is 0. The Balaban J connectivity index is 0.00000220. The molecule has 0 aromatic carbocycles. The van der Waals surface area contributed by atoms with Gasteiger partial charge in [-0.05, 0) is 38.2 Å². The summed E-state index contributed by atoms with van der Waals surface area (Å²) in [6, 6.07) is 3.92. The smallest absolute Gasteiger partial charge is 0.213 e. The Morgan fingerprint density at radius 2 is 2.14 bits per heavy atom. The summed E-state index contributed by atoms with van der Waals surface area (Å²) in [4.78, 5) is 8.49. The van der Waals surface area contributed by atoms with Crippen molar-refractivity contribution in [2.24, 2.45) is 10.9 Å². The minimum Gasteiger partial charge on any atom is -0.475 e. The molecule has 0 unspecified atom stereocenters. The van der Waals surface area contributed by atoms with Gasteiger partial charge in [-0.1, -0.05) is 6.07 Å². The predicted molar refractivity (Wildman–Crippen MR) is 96.3 cm³/mol. The highest BCUT2D eigenvalue weighted by Crippen LogP contribution is 2.27. The lowest BCUT2D eigenvalue weighted by Gasteiger charge is -2.12. The van der Waals surface area contributed by atoms with Gasteiger partial charge in [0.15, 0.2) is 5.96 Å². The van der Waals surface area contributed by atoms with Crippen LogP contribution in [-0.4, -0.2) is 30.6 Å². The summed E-state index contributed by atoms with van der Waals surface area (Å²) in [5.41, 5.74) is 1.11. The zero-order valence-corrected chi connectivity index (χ0v) is 15.3. The third kappa shape index (κ3) is 6.97. The van der Waals surface area contributed by atoms with Gasteiger partial charge in [-0.3, -0.25) is 4.99 Å². The number of hydrogen-bond donors (Lipinski definition) is 2. The van der Waals surface area contributed by atoms with E-state index < -0.39 is 0 Å². The van der Waals surface area contributed by atoms with Gasteiger partial charge in [-0.25, -0.2) is 4.98 Å². The van der Waals surface area contributed by atoms with Crippen LogP contribution in [0.25, 0.3) is 0 Å². The highest BCUT2D eigenvalue weighted by molar-refractivity contribution is 14.0. The van der Waals surface area contributed by atoms with Crippen LogP contribution >= 0.6 is 24.0 Å². The maximum absolute atomic E-state index is 5.52. The van der Waals surface area contributed by atoms with Gasteiger partial charge in [-0.15, -0.1) is 24.0 Å². The normalized spacial score (nSPS) is 14.6. The number of ether oxygens (including phenoxy) is 1. The van der Waals surface area contributed by atoms with Gasteiger partial charge in [-0.2, -0.15) is 0 Å². The summed E-state index contributed by atoms with van der Waals surface area (Å²) in [5.74, 6) is 2.35. The van der Waals surface area contributed by atoms with E-state index in [1.165, 1.54) is 12.8 Å². The molecule has 1 aliphatic rings. The van der Waals surface area contributed by atoms with Gasteiger partial charge in [0.1, 0.15) is 0 Å². The van der Waals surface area contributed by atoms with E-state index in [0.29, 0.717) is 12.4 Å². The van der Waals surface area contributed by atoms with Crippen LogP contribution in [0.2, 0.25) is 0 Å². The Kier molecular flexibility index (Phi) is 7.77. The van der Waals surface area contributed by atoms with E-state index in [1.54, 1.807) is 7.05 Å². The second kappa shape index (κ2) is 9.07. The fourth-order valence-electron chi connectivity index (χ4n) is 1.80. The Morgan fingerprint density at radius 1 is 1.38 bits per heavy atom. The van der Waals surface area contributed by atoms with Gasteiger partial charge >= 0.3 is 0 Å². The highest BCUT2D eigenvalue weighted by atomic mass is 127. The number of hydrogen-bond acceptors (Lipinski definition) is 3. The number of nitrogens with one attached hydrogen (secondary N) is 2. The van der Waals surface area contributed by atoms with Crippen LogP contribution in [0, 0.1) is 5.92 Å². The number of guanidine groups is 1. The van der Waals surface area contributed by atoms with E-state index in [0.717, 1.165) is 24.0 Å². The van der Waals surface area contributed by atoms with Crippen molar-refractivity contribution in [3.05, 3.63) is 23.9 Å². The van der Waals surface area contributed by atoms with Crippen LogP contribution in [0.5, 0.6) is 5.88 Å². The molecule has 1 aliphatic carbocycles. The molecule has 118 valence electrons. The monoisotopic (exact) mass is 404 g/mol. The summed E-state index contributed by atoms with van der Waals surface area (Å²) in [6.07, 6.45) is 4.66. The molecule has 5 nitrogen and oxygen atoms in total. The first-order valence-electron chi connectivity index (χ1n) is 7.23. The number of halogens is 1. The molecule has 0 saturated heterocycles. The molecule has 0 atom stereocenters. The molecule has 1 heterocycles. The van der Waals surface area contributed by atoms with Crippen LogP contribution in [0.1, 0.15) is 32.3 Å². The summed E-state index contributed by atoms with van der Waals surface area (Å²) in [5, 5.41) is 6.62. The van der Waals surface area contributed by atoms with Crippen LogP contribution < -0.4 is 15.4 Å². The van der Waals surface area contributed by atoms with Crippen molar-refractivity contribution in [3.8, 4) is 5.88 Å². The summed E-state index contributed by atoms with van der Waals surface area (Å²) < 4.78 is 5.52. The van der Waals surface area contributed by atoms with Crippen molar-refractivity contribution in [3.63, 3.8) is 0 Å². The van der Waals surface area contributed by atoms with Gasteiger partial charge in [0.2, 0.25) is 5.88 Å². The Labute approximate surface area is 144 Å². The van der Waals surface area contributed by atoms with Crippen molar-refractivity contribution >= 4 is 29.9 Å². The van der Waals surface area contributed by atoms with Crippen molar-refractivity contribution < 1.29 is 4.74 Å². The fourth-order valence-corrected chi connectivity index (χ4v) is 1.80. The standard InChI is InChI=1S/C15H24N4O.HI/c1-11(2)20-14-7-6-13(9-17-14)10-19-15(16-3)18-8-12-4-5-12;/h6-7,9,11-12H,4-5,8,10H2,1-3H3,(H2,16,18,19);1H. The van der Waals surface area contributed by atoms with E-state index in [-0.39, 0.29) is 30.1 Å². The molecule has 0 radical (unpaired) electrons. The molecular formula is C15H25IN4O. The van der Waals surface area contributed by atoms with Crippen molar-refractivity contribution in [1.82, 2.24) is 15.6 Å². The molecule has 1 saturated carbocycles. The first kappa shape index (κ1) is 18.0. The van der Waals surface area contributed by atoms with Crippen molar-refractivity contribution in [1.29, 1.82) is 0 Å². The fraction of sp³-hybridized carbons (Fsp3) is 0.600. The van der Waals surface area contributed by atoms with Crippen LogP contribution in [0.4, 0.5) is 0 Å². The molecule has 0 spiro atoms. The predicted octanol–water partition coefficient (Wildman–Crippen LogP) is 2.56. The lowest BCUT2D eigenvalue weighted by Crippen LogP contribution is -2.37. The number of pyridine rings is 1. The Bertz CT molecular complexity index is 443. The SMILES string of the molecule is CN=C(NCc1ccc(OC(C)C)nc1)NCC1CC1.I. The number of aromatic nitrogens is 1. The summed E-state index contributed by atoms with van der Waals surface area (Å²) in [7, 11) is 1.79. The first-order chi connectivity index (χ1) is 9.67. The van der Waals surface area contributed by atoms with Crippen molar-refractivity contribution in [2.45, 2.75) is 39.3 Å². The summed E-state index contributed by atoms with van der Waals surface area (Å²) in [6.45, 7) is 5.71. The average molecular weight is 404 g/mol. The number of aliphatic imine (C=N–C) groups is 1. The van der Waals surface area contributed by atoms with E-state index in [4.69, 9.17) is 4.74 Å². The van der Waals surface area contributed by atoms with Gasteiger partial charge in [0, 0.05) is 32.4 Å². The molecule has 1 aromatic heterocycles. The minimum atomic E-state index is 0. The van der Waals surface area contributed by atoms with Gasteiger partial charge < -0.3 is 15.4 Å². The van der Waals surface area contributed by atoms with E-state index >= 15 is 0 Å². The third-order valence-electron chi connectivity index (χ3n) is 3.09. The molecule has 6 heteroatoms. The molecule has 2 rings (SSSR count). The quantitative estimate of drug-likeness (QED) is 0.435. The third-order valence-corrected chi connectivity index (χ3v) is 3.09. The average Bonchev–Trinajstić information content (AvgIpc) is 3.24. The Morgan fingerprint density at radius 3 is 2.67 bits per heavy atom. The number of rotatable bonds is 6. The molecule has 0 bridgehead atoms. The van der Waals surface area contributed by atoms with Crippen LogP contribution in [0.15, 0.2) is 23.3 Å². The molecule has 2 N–H and O–H groups in total. The second-order valence-corrected chi connectivity index (χ2v) is 5.42. The lowest BCUT2D eigenvalue weighted by molar-refractivity contribution is 0.232. The lowest BCUT2D eigenvalue weighted by atomic mass is 10.3. The largest absolute Gasteiger partial charge is 0.475 e. The second-order valence-electron chi connectivity index (χ2n) is 5.42. The molecule has 1 fully saturated rings. The molecule has 0 amide bonds. The molecular weight excluding hydrogens is 379 g/mol. The molecule has 1 aromatic rings. The maximum atomic E-state index is 5.52. The van der Waals surface area contributed by atoms with Gasteiger partial charge in [0.05, 0.1) is 6.10 Å². The summed E-state index contributed by atoms with van der Waals surface area (Å²) >= 11 is 0. The molecule has 0 aliphatic heterocycles. The maximum Gasteiger partial charge on any atom is 0.213 e. The van der Waals surface area contributed by atoms with Crippen molar-refractivity contribution in [2.75, 3.05) is 13.6 Å². The molecule has 21 heavy (non-hydrogen) atoms. The van der Waals surface area contributed by atoms with E-state index in [9.17, 15) is 0 Å². The van der Waals surface area contributed by atoms with Crippen LogP contribution in [-0.2, 0) is 6.54 Å². The van der Waals surface area contributed by atoms with Gasteiger partial charge in [0.25, 0.3) is 0 Å².